The van der Waals surface area contributed by atoms with Crippen LogP contribution in [0.4, 0.5) is 0 Å². The lowest BCUT2D eigenvalue weighted by molar-refractivity contribution is -0.0953. The first-order chi connectivity index (χ1) is 15.0. The summed E-state index contributed by atoms with van der Waals surface area (Å²) in [5.41, 5.74) is 2.20. The number of likely N-dealkylation sites (N-methyl/N-ethyl adjacent to an activating group) is 1. The SMILES string of the molecule is Cc1onc(C(=O)N2CC3(CC(N(C)Cc4ccccc4)CO3)C2)c1Cn1cccn1. The molecule has 8 heteroatoms. The molecule has 1 aromatic carbocycles. The highest BCUT2D eigenvalue weighted by atomic mass is 16.5. The van der Waals surface area contributed by atoms with Crippen LogP contribution in [0.1, 0.15) is 33.8 Å². The van der Waals surface area contributed by atoms with Crippen molar-refractivity contribution in [2.45, 2.75) is 38.1 Å². The van der Waals surface area contributed by atoms with E-state index in [1.165, 1.54) is 5.56 Å². The lowest BCUT2D eigenvalue weighted by Gasteiger charge is -2.47. The molecule has 2 fully saturated rings. The number of carbonyl (C=O) groups is 1. The molecule has 0 saturated carbocycles. The number of aromatic nitrogens is 3. The van der Waals surface area contributed by atoms with E-state index in [4.69, 9.17) is 9.26 Å². The fourth-order valence-corrected chi connectivity index (χ4v) is 4.57. The topological polar surface area (TPSA) is 76.6 Å². The molecule has 5 rings (SSSR count). The monoisotopic (exact) mass is 421 g/mol. The number of ether oxygens (including phenoxy) is 1. The Kier molecular flexibility index (Phi) is 5.11. The van der Waals surface area contributed by atoms with Crippen LogP contribution in [0.2, 0.25) is 0 Å². The zero-order valence-corrected chi connectivity index (χ0v) is 17.9. The van der Waals surface area contributed by atoms with E-state index in [0.717, 1.165) is 18.5 Å². The number of hydrogen-bond donors (Lipinski definition) is 0. The molecule has 162 valence electrons. The maximum absolute atomic E-state index is 13.1. The summed E-state index contributed by atoms with van der Waals surface area (Å²) in [4.78, 5) is 17.2. The van der Waals surface area contributed by atoms with Crippen molar-refractivity contribution < 1.29 is 14.1 Å². The quantitative estimate of drug-likeness (QED) is 0.608. The Morgan fingerprint density at radius 3 is 2.81 bits per heavy atom. The van der Waals surface area contributed by atoms with Gasteiger partial charge in [-0.1, -0.05) is 35.5 Å². The highest BCUT2D eigenvalue weighted by Crippen LogP contribution is 2.38. The van der Waals surface area contributed by atoms with E-state index in [1.54, 1.807) is 10.9 Å². The first-order valence-electron chi connectivity index (χ1n) is 10.6. The molecule has 1 atom stereocenters. The van der Waals surface area contributed by atoms with Crippen molar-refractivity contribution in [2.24, 2.45) is 0 Å². The van der Waals surface area contributed by atoms with E-state index in [9.17, 15) is 4.79 Å². The minimum absolute atomic E-state index is 0.102. The van der Waals surface area contributed by atoms with Crippen LogP contribution < -0.4 is 0 Å². The summed E-state index contributed by atoms with van der Waals surface area (Å²) in [6.45, 7) is 5.06. The van der Waals surface area contributed by atoms with Crippen LogP contribution in [0.5, 0.6) is 0 Å². The Balaban J connectivity index is 1.20. The minimum Gasteiger partial charge on any atom is -0.370 e. The Bertz CT molecular complexity index is 1040. The van der Waals surface area contributed by atoms with E-state index < -0.39 is 0 Å². The Morgan fingerprint density at radius 2 is 2.06 bits per heavy atom. The van der Waals surface area contributed by atoms with Crippen LogP contribution in [-0.4, -0.2) is 69.0 Å². The standard InChI is InChI=1S/C23H27N5O3/c1-17-20(13-28-10-6-9-24-28)21(25-31-17)22(29)27-15-23(16-27)11-19(14-30-23)26(2)12-18-7-4-3-5-8-18/h3-10,19H,11-16H2,1-2H3. The van der Waals surface area contributed by atoms with Crippen molar-refractivity contribution in [1.82, 2.24) is 24.7 Å². The molecular formula is C23H27N5O3. The lowest BCUT2D eigenvalue weighted by atomic mass is 9.88. The number of likely N-dealkylation sites (tertiary alicyclic amines) is 1. The Hall–Kier alpha value is -2.97. The average Bonchev–Trinajstić information content (AvgIpc) is 3.49. The Morgan fingerprint density at radius 1 is 1.26 bits per heavy atom. The van der Waals surface area contributed by atoms with Gasteiger partial charge in [0.2, 0.25) is 0 Å². The summed E-state index contributed by atoms with van der Waals surface area (Å²) in [6, 6.07) is 12.7. The van der Waals surface area contributed by atoms with E-state index in [1.807, 2.05) is 30.2 Å². The van der Waals surface area contributed by atoms with Crippen molar-refractivity contribution in [3.8, 4) is 0 Å². The van der Waals surface area contributed by atoms with Gasteiger partial charge in [-0.05, 0) is 32.0 Å². The molecule has 0 bridgehead atoms. The third kappa shape index (κ3) is 3.88. The van der Waals surface area contributed by atoms with E-state index in [-0.39, 0.29) is 11.5 Å². The molecule has 0 aliphatic carbocycles. The van der Waals surface area contributed by atoms with Gasteiger partial charge in [-0.25, -0.2) is 0 Å². The second-order valence-corrected chi connectivity index (χ2v) is 8.68. The number of amides is 1. The third-order valence-electron chi connectivity index (χ3n) is 6.40. The molecule has 31 heavy (non-hydrogen) atoms. The molecule has 2 aliphatic rings. The predicted octanol–water partition coefficient (Wildman–Crippen LogP) is 2.34. The van der Waals surface area contributed by atoms with Gasteiger partial charge in [0.25, 0.3) is 5.91 Å². The smallest absolute Gasteiger partial charge is 0.276 e. The highest BCUT2D eigenvalue weighted by Gasteiger charge is 2.52. The van der Waals surface area contributed by atoms with Gasteiger partial charge in [0, 0.05) is 30.5 Å². The zero-order chi connectivity index (χ0) is 21.4. The van der Waals surface area contributed by atoms with Crippen molar-refractivity contribution in [2.75, 3.05) is 26.7 Å². The third-order valence-corrected chi connectivity index (χ3v) is 6.40. The molecule has 1 spiro atoms. The van der Waals surface area contributed by atoms with Gasteiger partial charge < -0.3 is 14.2 Å². The molecule has 0 N–H and O–H groups in total. The summed E-state index contributed by atoms with van der Waals surface area (Å²) < 4.78 is 13.3. The fraction of sp³-hybridized carbons (Fsp3) is 0.435. The molecule has 2 aromatic heterocycles. The molecule has 0 radical (unpaired) electrons. The van der Waals surface area contributed by atoms with Crippen molar-refractivity contribution in [3.63, 3.8) is 0 Å². The number of carbonyl (C=O) groups excluding carboxylic acids is 1. The maximum Gasteiger partial charge on any atom is 0.276 e. The summed E-state index contributed by atoms with van der Waals surface area (Å²) in [6.07, 6.45) is 4.50. The van der Waals surface area contributed by atoms with Gasteiger partial charge in [-0.15, -0.1) is 0 Å². The van der Waals surface area contributed by atoms with Crippen LogP contribution in [0, 0.1) is 6.92 Å². The summed E-state index contributed by atoms with van der Waals surface area (Å²) in [7, 11) is 2.14. The van der Waals surface area contributed by atoms with Crippen LogP contribution in [0.15, 0.2) is 53.3 Å². The van der Waals surface area contributed by atoms with Crippen LogP contribution in [-0.2, 0) is 17.8 Å². The number of aryl methyl sites for hydroxylation is 1. The summed E-state index contributed by atoms with van der Waals surface area (Å²) in [5, 5.41) is 8.27. The summed E-state index contributed by atoms with van der Waals surface area (Å²) >= 11 is 0. The van der Waals surface area contributed by atoms with E-state index >= 15 is 0 Å². The van der Waals surface area contributed by atoms with Gasteiger partial charge >= 0.3 is 0 Å². The second-order valence-electron chi connectivity index (χ2n) is 8.68. The fourth-order valence-electron chi connectivity index (χ4n) is 4.57. The highest BCUT2D eigenvalue weighted by molar-refractivity contribution is 5.94. The van der Waals surface area contributed by atoms with Crippen LogP contribution in [0.25, 0.3) is 0 Å². The average molecular weight is 422 g/mol. The molecule has 1 unspecified atom stereocenters. The maximum atomic E-state index is 13.1. The number of hydrogen-bond acceptors (Lipinski definition) is 6. The number of nitrogens with zero attached hydrogens (tertiary/aromatic N) is 5. The summed E-state index contributed by atoms with van der Waals surface area (Å²) in [5.74, 6) is 0.545. The molecule has 4 heterocycles. The molecule has 2 saturated heterocycles. The zero-order valence-electron chi connectivity index (χ0n) is 17.9. The van der Waals surface area contributed by atoms with Crippen molar-refractivity contribution in [1.29, 1.82) is 0 Å². The van der Waals surface area contributed by atoms with Gasteiger partial charge in [-0.2, -0.15) is 5.10 Å². The van der Waals surface area contributed by atoms with Gasteiger partial charge in [0.1, 0.15) is 11.4 Å². The number of rotatable bonds is 6. The van der Waals surface area contributed by atoms with Gasteiger partial charge in [-0.3, -0.25) is 14.4 Å². The molecule has 1 amide bonds. The van der Waals surface area contributed by atoms with Crippen molar-refractivity contribution >= 4 is 5.91 Å². The van der Waals surface area contributed by atoms with Gasteiger partial charge in [0.15, 0.2) is 5.69 Å². The van der Waals surface area contributed by atoms with E-state index in [0.29, 0.717) is 43.7 Å². The Labute approximate surface area is 181 Å². The largest absolute Gasteiger partial charge is 0.370 e. The predicted molar refractivity (Wildman–Crippen MR) is 113 cm³/mol. The van der Waals surface area contributed by atoms with Crippen LogP contribution in [0.3, 0.4) is 0 Å². The van der Waals surface area contributed by atoms with E-state index in [2.05, 4.69) is 46.5 Å². The molecular weight excluding hydrogens is 394 g/mol. The van der Waals surface area contributed by atoms with Crippen LogP contribution >= 0.6 is 0 Å². The first-order valence-corrected chi connectivity index (χ1v) is 10.6. The van der Waals surface area contributed by atoms with Crippen molar-refractivity contribution in [3.05, 3.63) is 71.4 Å². The normalized spacial score (nSPS) is 19.8. The number of benzene rings is 1. The van der Waals surface area contributed by atoms with Gasteiger partial charge in [0.05, 0.1) is 26.2 Å². The lowest BCUT2D eigenvalue weighted by Crippen LogP contribution is -2.63. The second kappa shape index (κ2) is 7.94. The molecule has 8 nitrogen and oxygen atoms in total. The minimum atomic E-state index is -0.244. The first kappa shape index (κ1) is 20.0. The molecule has 3 aromatic rings. The molecule has 2 aliphatic heterocycles.